The fourth-order valence-corrected chi connectivity index (χ4v) is 1.85. The van der Waals surface area contributed by atoms with Gasteiger partial charge in [-0.2, -0.15) is 0 Å². The molecule has 3 heteroatoms. The Morgan fingerprint density at radius 2 is 1.74 bits per heavy atom. The average Bonchev–Trinajstić information content (AvgIpc) is 2.47. The Morgan fingerprint density at radius 1 is 0.947 bits per heavy atom. The minimum absolute atomic E-state index is 0.132. The highest BCUT2D eigenvalue weighted by Crippen LogP contribution is 2.28. The van der Waals surface area contributed by atoms with E-state index in [0.29, 0.717) is 24.5 Å². The van der Waals surface area contributed by atoms with Crippen LogP contribution in [-0.4, -0.2) is 18.8 Å². The van der Waals surface area contributed by atoms with E-state index in [1.54, 1.807) is 7.11 Å². The Kier molecular flexibility index (Phi) is 4.81. The van der Waals surface area contributed by atoms with Crippen LogP contribution in [0.25, 0.3) is 0 Å². The minimum Gasteiger partial charge on any atom is -0.493 e. The molecular weight excluding hydrogens is 240 g/mol. The zero-order chi connectivity index (χ0) is 13.5. The molecule has 100 valence electrons. The van der Waals surface area contributed by atoms with Crippen molar-refractivity contribution in [3.8, 4) is 11.5 Å². The largest absolute Gasteiger partial charge is 0.493 e. The monoisotopic (exact) mass is 258 g/mol. The number of ether oxygens (including phenoxy) is 2. The van der Waals surface area contributed by atoms with Crippen LogP contribution < -0.4 is 9.47 Å². The van der Waals surface area contributed by atoms with Crippen LogP contribution in [0, 0.1) is 0 Å². The molecule has 0 spiro atoms. The molecule has 0 atom stereocenters. The van der Waals surface area contributed by atoms with Crippen molar-refractivity contribution in [2.75, 3.05) is 13.7 Å². The quantitative estimate of drug-likeness (QED) is 0.866. The lowest BCUT2D eigenvalue weighted by molar-refractivity contribution is 0.283. The Balaban J connectivity index is 2.07. The zero-order valence-corrected chi connectivity index (χ0v) is 11.0. The molecule has 0 aliphatic carbocycles. The Labute approximate surface area is 113 Å². The SMILES string of the molecule is COc1cc(CCO)ccc1OCc1ccccc1. The first-order valence-corrected chi connectivity index (χ1v) is 6.28. The van der Waals surface area contributed by atoms with Crippen LogP contribution in [0.5, 0.6) is 11.5 Å². The highest BCUT2D eigenvalue weighted by molar-refractivity contribution is 5.43. The smallest absolute Gasteiger partial charge is 0.161 e. The molecule has 2 aromatic rings. The van der Waals surface area contributed by atoms with Gasteiger partial charge < -0.3 is 14.6 Å². The van der Waals surface area contributed by atoms with Crippen LogP contribution in [0.2, 0.25) is 0 Å². The first kappa shape index (κ1) is 13.4. The van der Waals surface area contributed by atoms with Crippen molar-refractivity contribution < 1.29 is 14.6 Å². The second-order valence-electron chi connectivity index (χ2n) is 4.23. The molecule has 0 fully saturated rings. The van der Waals surface area contributed by atoms with Gasteiger partial charge in [-0.1, -0.05) is 36.4 Å². The number of hydrogen-bond acceptors (Lipinski definition) is 3. The van der Waals surface area contributed by atoms with Crippen molar-refractivity contribution in [3.05, 3.63) is 59.7 Å². The van der Waals surface area contributed by atoms with E-state index < -0.39 is 0 Å². The second-order valence-corrected chi connectivity index (χ2v) is 4.23. The first-order chi connectivity index (χ1) is 9.33. The van der Waals surface area contributed by atoms with E-state index in [1.807, 2.05) is 48.5 Å². The van der Waals surface area contributed by atoms with Crippen molar-refractivity contribution in [2.45, 2.75) is 13.0 Å². The molecule has 0 aliphatic heterocycles. The standard InChI is InChI=1S/C16H18O3/c1-18-16-11-13(9-10-17)7-8-15(16)19-12-14-5-3-2-4-6-14/h2-8,11,17H,9-10,12H2,1H3. The summed E-state index contributed by atoms with van der Waals surface area (Å²) in [7, 11) is 1.62. The number of methoxy groups -OCH3 is 1. The molecule has 0 radical (unpaired) electrons. The molecule has 1 N–H and O–H groups in total. The van der Waals surface area contributed by atoms with Crippen LogP contribution in [0.1, 0.15) is 11.1 Å². The van der Waals surface area contributed by atoms with Crippen LogP contribution >= 0.6 is 0 Å². The maximum absolute atomic E-state index is 8.93. The maximum Gasteiger partial charge on any atom is 0.161 e. The fraction of sp³-hybridized carbons (Fsp3) is 0.250. The summed E-state index contributed by atoms with van der Waals surface area (Å²) in [5, 5.41) is 8.93. The molecule has 0 aliphatic rings. The van der Waals surface area contributed by atoms with Crippen LogP contribution in [0.15, 0.2) is 48.5 Å². The summed E-state index contributed by atoms with van der Waals surface area (Å²) in [5.74, 6) is 1.41. The van der Waals surface area contributed by atoms with Crippen molar-refractivity contribution in [1.29, 1.82) is 0 Å². The van der Waals surface area contributed by atoms with Crippen LogP contribution in [-0.2, 0) is 13.0 Å². The van der Waals surface area contributed by atoms with Gasteiger partial charge in [0.1, 0.15) is 6.61 Å². The zero-order valence-electron chi connectivity index (χ0n) is 11.0. The number of hydrogen-bond donors (Lipinski definition) is 1. The number of aliphatic hydroxyl groups excluding tert-OH is 1. The average molecular weight is 258 g/mol. The molecule has 0 heterocycles. The van der Waals surface area contributed by atoms with E-state index in [4.69, 9.17) is 14.6 Å². The summed E-state index contributed by atoms with van der Waals surface area (Å²) in [6.07, 6.45) is 0.620. The number of benzene rings is 2. The van der Waals surface area contributed by atoms with E-state index in [1.165, 1.54) is 0 Å². The van der Waals surface area contributed by atoms with Gasteiger partial charge in [0.25, 0.3) is 0 Å². The van der Waals surface area contributed by atoms with E-state index in [-0.39, 0.29) is 6.61 Å². The summed E-state index contributed by atoms with van der Waals surface area (Å²) in [6, 6.07) is 15.7. The lowest BCUT2D eigenvalue weighted by atomic mass is 10.1. The summed E-state index contributed by atoms with van der Waals surface area (Å²) in [4.78, 5) is 0. The maximum atomic E-state index is 8.93. The third-order valence-corrected chi connectivity index (χ3v) is 2.87. The Bertz CT molecular complexity index is 509. The highest BCUT2D eigenvalue weighted by atomic mass is 16.5. The molecule has 3 nitrogen and oxygen atoms in total. The normalized spacial score (nSPS) is 10.2. The topological polar surface area (TPSA) is 38.7 Å². The van der Waals surface area contributed by atoms with E-state index in [0.717, 1.165) is 11.1 Å². The lowest BCUT2D eigenvalue weighted by Gasteiger charge is -2.12. The molecule has 0 amide bonds. The summed E-state index contributed by atoms with van der Waals surface area (Å²) in [5.41, 5.74) is 2.15. The highest BCUT2D eigenvalue weighted by Gasteiger charge is 2.06. The third kappa shape index (κ3) is 3.73. The van der Waals surface area contributed by atoms with Crippen molar-refractivity contribution in [1.82, 2.24) is 0 Å². The fourth-order valence-electron chi connectivity index (χ4n) is 1.85. The van der Waals surface area contributed by atoms with E-state index >= 15 is 0 Å². The summed E-state index contributed by atoms with van der Waals surface area (Å²) < 4.78 is 11.1. The predicted octanol–water partition coefficient (Wildman–Crippen LogP) is 2.81. The summed E-state index contributed by atoms with van der Waals surface area (Å²) in [6.45, 7) is 0.643. The first-order valence-electron chi connectivity index (χ1n) is 6.28. The molecule has 19 heavy (non-hydrogen) atoms. The predicted molar refractivity (Wildman–Crippen MR) is 74.6 cm³/mol. The van der Waals surface area contributed by atoms with Gasteiger partial charge in [0.05, 0.1) is 7.11 Å². The molecule has 0 saturated heterocycles. The Morgan fingerprint density at radius 3 is 2.42 bits per heavy atom. The van der Waals surface area contributed by atoms with Gasteiger partial charge in [-0.15, -0.1) is 0 Å². The minimum atomic E-state index is 0.132. The van der Waals surface area contributed by atoms with E-state index in [2.05, 4.69) is 0 Å². The van der Waals surface area contributed by atoms with Crippen LogP contribution in [0.3, 0.4) is 0 Å². The van der Waals surface area contributed by atoms with Gasteiger partial charge in [0, 0.05) is 6.61 Å². The Hall–Kier alpha value is -2.00. The van der Waals surface area contributed by atoms with Gasteiger partial charge in [0.2, 0.25) is 0 Å². The van der Waals surface area contributed by atoms with Crippen LogP contribution in [0.4, 0.5) is 0 Å². The van der Waals surface area contributed by atoms with Crippen molar-refractivity contribution in [3.63, 3.8) is 0 Å². The summed E-state index contributed by atoms with van der Waals surface area (Å²) >= 11 is 0. The molecule has 0 unspecified atom stereocenters. The molecule has 0 bridgehead atoms. The van der Waals surface area contributed by atoms with Gasteiger partial charge >= 0.3 is 0 Å². The third-order valence-electron chi connectivity index (χ3n) is 2.87. The molecule has 0 saturated carbocycles. The van der Waals surface area contributed by atoms with Crippen molar-refractivity contribution in [2.24, 2.45) is 0 Å². The molecule has 0 aromatic heterocycles. The van der Waals surface area contributed by atoms with Gasteiger partial charge in [-0.3, -0.25) is 0 Å². The van der Waals surface area contributed by atoms with Crippen molar-refractivity contribution >= 4 is 0 Å². The molecule has 2 aromatic carbocycles. The number of rotatable bonds is 6. The van der Waals surface area contributed by atoms with Gasteiger partial charge in [0.15, 0.2) is 11.5 Å². The second kappa shape index (κ2) is 6.81. The van der Waals surface area contributed by atoms with E-state index in [9.17, 15) is 0 Å². The van der Waals surface area contributed by atoms with Gasteiger partial charge in [-0.25, -0.2) is 0 Å². The van der Waals surface area contributed by atoms with Gasteiger partial charge in [-0.05, 0) is 29.7 Å². The molecular formula is C16H18O3. The lowest BCUT2D eigenvalue weighted by Crippen LogP contribution is -1.99. The molecule has 2 rings (SSSR count). The number of aliphatic hydroxyl groups is 1.